The van der Waals surface area contributed by atoms with Gasteiger partial charge in [0.25, 0.3) is 5.91 Å². The number of benzene rings is 3. The first-order valence-corrected chi connectivity index (χ1v) is 11.0. The molecule has 0 heterocycles. The second-order valence-electron chi connectivity index (χ2n) is 8.31. The maximum Gasteiger partial charge on any atom is 0.338 e. The number of rotatable bonds is 8. The Bertz CT molecular complexity index is 1230. The van der Waals surface area contributed by atoms with Crippen molar-refractivity contribution in [2.45, 2.75) is 13.8 Å². The molecule has 0 aliphatic carbocycles. The Hall–Kier alpha value is -4.19. The number of carbonyl (C=O) groups is 2. The number of hydrogen-bond donors (Lipinski definition) is 3. The van der Waals surface area contributed by atoms with Gasteiger partial charge in [-0.25, -0.2) is 4.79 Å². The molecule has 6 heteroatoms. The summed E-state index contributed by atoms with van der Waals surface area (Å²) in [5, 5.41) is 10.4. The molecule has 0 spiro atoms. The highest BCUT2D eigenvalue weighted by Crippen LogP contribution is 2.30. The van der Waals surface area contributed by atoms with Gasteiger partial charge < -0.3 is 15.8 Å². The Morgan fingerprint density at radius 2 is 1.65 bits per heavy atom. The lowest BCUT2D eigenvalue weighted by atomic mass is 9.93. The second kappa shape index (κ2) is 11.1. The molecule has 6 nitrogen and oxygen atoms in total. The lowest BCUT2D eigenvalue weighted by Crippen LogP contribution is -2.27. The fourth-order valence-electron chi connectivity index (χ4n) is 3.45. The highest BCUT2D eigenvalue weighted by Gasteiger charge is 2.18. The third-order valence-corrected chi connectivity index (χ3v) is 5.29. The molecule has 0 saturated carbocycles. The van der Waals surface area contributed by atoms with Crippen LogP contribution in [0.4, 0.5) is 0 Å². The Labute approximate surface area is 200 Å². The van der Waals surface area contributed by atoms with Gasteiger partial charge in [-0.3, -0.25) is 10.2 Å². The molecule has 1 amide bonds. The summed E-state index contributed by atoms with van der Waals surface area (Å²) in [5.74, 6) is -0.391. The van der Waals surface area contributed by atoms with Crippen LogP contribution in [-0.2, 0) is 4.74 Å². The van der Waals surface area contributed by atoms with Crippen LogP contribution in [0.2, 0.25) is 0 Å². The van der Waals surface area contributed by atoms with Gasteiger partial charge in [0, 0.05) is 17.7 Å². The zero-order valence-corrected chi connectivity index (χ0v) is 19.6. The van der Waals surface area contributed by atoms with Crippen LogP contribution in [0.15, 0.2) is 66.7 Å². The van der Waals surface area contributed by atoms with E-state index in [1.807, 2.05) is 62.4 Å². The van der Waals surface area contributed by atoms with Gasteiger partial charge in [-0.2, -0.15) is 0 Å². The average molecular weight is 456 g/mol. The van der Waals surface area contributed by atoms with Crippen LogP contribution in [0.3, 0.4) is 0 Å². The van der Waals surface area contributed by atoms with Gasteiger partial charge in [0.1, 0.15) is 5.84 Å². The summed E-state index contributed by atoms with van der Waals surface area (Å²) in [6.45, 7) is 4.59. The van der Waals surface area contributed by atoms with E-state index in [4.69, 9.17) is 15.9 Å². The lowest BCUT2D eigenvalue weighted by Gasteiger charge is -2.14. The molecule has 34 heavy (non-hydrogen) atoms. The molecule has 4 N–H and O–H groups in total. The first-order chi connectivity index (χ1) is 16.3. The van der Waals surface area contributed by atoms with E-state index < -0.39 is 5.97 Å². The first kappa shape index (κ1) is 24.5. The van der Waals surface area contributed by atoms with Gasteiger partial charge in [0.2, 0.25) is 0 Å². The Morgan fingerprint density at radius 1 is 0.971 bits per heavy atom. The summed E-state index contributed by atoms with van der Waals surface area (Å²) in [7, 11) is 1.33. The number of amidine groups is 1. The van der Waals surface area contributed by atoms with E-state index in [9.17, 15) is 9.59 Å². The minimum absolute atomic E-state index is 0.0255. The summed E-state index contributed by atoms with van der Waals surface area (Å²) < 4.78 is 5.01. The van der Waals surface area contributed by atoms with Crippen LogP contribution >= 0.6 is 0 Å². The largest absolute Gasteiger partial charge is 0.465 e. The van der Waals surface area contributed by atoms with Gasteiger partial charge >= 0.3 is 5.97 Å². The van der Waals surface area contributed by atoms with E-state index in [1.165, 1.54) is 7.11 Å². The van der Waals surface area contributed by atoms with E-state index in [0.717, 1.165) is 16.7 Å². The molecule has 0 fully saturated rings. The highest BCUT2D eigenvalue weighted by atomic mass is 16.5. The number of carbonyl (C=O) groups excluding carboxylic acids is 2. The van der Waals surface area contributed by atoms with Crippen molar-refractivity contribution in [1.29, 1.82) is 5.41 Å². The van der Waals surface area contributed by atoms with Gasteiger partial charge in [-0.1, -0.05) is 80.6 Å². The normalized spacial score (nSPS) is 10.9. The molecule has 3 rings (SSSR count). The summed E-state index contributed by atoms with van der Waals surface area (Å²) >= 11 is 0. The van der Waals surface area contributed by atoms with Crippen molar-refractivity contribution in [3.63, 3.8) is 0 Å². The van der Waals surface area contributed by atoms with Crippen LogP contribution in [0.25, 0.3) is 23.3 Å². The molecule has 0 aliphatic rings. The van der Waals surface area contributed by atoms with Crippen molar-refractivity contribution in [3.8, 4) is 11.1 Å². The fourth-order valence-corrected chi connectivity index (χ4v) is 3.45. The van der Waals surface area contributed by atoms with Gasteiger partial charge in [-0.15, -0.1) is 0 Å². The lowest BCUT2D eigenvalue weighted by molar-refractivity contribution is 0.0601. The topological polar surface area (TPSA) is 105 Å². The molecule has 0 aliphatic heterocycles. The molecule has 0 saturated heterocycles. The van der Waals surface area contributed by atoms with E-state index >= 15 is 0 Å². The van der Waals surface area contributed by atoms with Crippen LogP contribution in [-0.4, -0.2) is 31.4 Å². The summed E-state index contributed by atoms with van der Waals surface area (Å²) in [4.78, 5) is 25.2. The maximum atomic E-state index is 12.6. The molecular weight excluding hydrogens is 426 g/mol. The quantitative estimate of drug-likeness (QED) is 0.193. The van der Waals surface area contributed by atoms with Crippen molar-refractivity contribution in [2.75, 3.05) is 13.7 Å². The Kier molecular flexibility index (Phi) is 7.98. The van der Waals surface area contributed by atoms with Gasteiger partial charge in [0.05, 0.1) is 12.7 Å². The minimum atomic E-state index is -0.507. The summed E-state index contributed by atoms with van der Waals surface area (Å²) in [6.07, 6.45) is 3.91. The number of ether oxygens (including phenoxy) is 1. The number of nitrogen functional groups attached to an aromatic ring is 1. The van der Waals surface area contributed by atoms with E-state index in [0.29, 0.717) is 34.7 Å². The van der Waals surface area contributed by atoms with Crippen LogP contribution in [0.1, 0.15) is 51.3 Å². The third kappa shape index (κ3) is 5.98. The fraction of sp³-hybridized carbons (Fsp3) is 0.179. The minimum Gasteiger partial charge on any atom is -0.465 e. The number of hydrogen-bond acceptors (Lipinski definition) is 4. The van der Waals surface area contributed by atoms with E-state index in [1.54, 1.807) is 30.3 Å². The summed E-state index contributed by atoms with van der Waals surface area (Å²) in [6, 6.07) is 20.2. The van der Waals surface area contributed by atoms with Crippen LogP contribution in [0, 0.1) is 11.3 Å². The number of methoxy groups -OCH3 is 1. The van der Waals surface area contributed by atoms with Crippen molar-refractivity contribution in [1.82, 2.24) is 5.32 Å². The van der Waals surface area contributed by atoms with Gasteiger partial charge in [-0.05, 0) is 40.3 Å². The maximum absolute atomic E-state index is 12.6. The molecule has 0 radical (unpaired) electrons. The number of nitrogens with two attached hydrogens (primary N) is 1. The van der Waals surface area contributed by atoms with Crippen LogP contribution in [0.5, 0.6) is 0 Å². The Balaban J connectivity index is 1.98. The number of esters is 1. The molecular formula is C28H29N3O3. The molecule has 3 aromatic rings. The monoisotopic (exact) mass is 455 g/mol. The van der Waals surface area contributed by atoms with E-state index in [-0.39, 0.29) is 11.7 Å². The third-order valence-electron chi connectivity index (χ3n) is 5.29. The van der Waals surface area contributed by atoms with Crippen LogP contribution < -0.4 is 11.1 Å². The molecule has 174 valence electrons. The molecule has 0 unspecified atom stereocenters. The summed E-state index contributed by atoms with van der Waals surface area (Å²) in [5.41, 5.74) is 10.3. The van der Waals surface area contributed by atoms with Crippen molar-refractivity contribution in [3.05, 3.63) is 94.5 Å². The molecule has 3 aromatic carbocycles. The van der Waals surface area contributed by atoms with Crippen molar-refractivity contribution in [2.24, 2.45) is 11.7 Å². The molecule has 0 bridgehead atoms. The highest BCUT2D eigenvalue weighted by molar-refractivity contribution is 6.03. The Morgan fingerprint density at radius 3 is 2.29 bits per heavy atom. The van der Waals surface area contributed by atoms with Crippen molar-refractivity contribution < 1.29 is 14.3 Å². The zero-order chi connectivity index (χ0) is 24.7. The first-order valence-electron chi connectivity index (χ1n) is 11.0. The predicted molar refractivity (Wildman–Crippen MR) is 137 cm³/mol. The average Bonchev–Trinajstić information content (AvgIpc) is 2.85. The van der Waals surface area contributed by atoms with Crippen molar-refractivity contribution >= 4 is 29.9 Å². The SMILES string of the molecule is COC(=O)c1cc(C(=O)NCC(C)C)ccc1-c1ccccc1/C=C/c1ccc(C(=N)N)cc1. The smallest absolute Gasteiger partial charge is 0.338 e. The predicted octanol–water partition coefficient (Wildman–Crippen LogP) is 4.98. The standard InChI is InChI=1S/C28H29N3O3/c1-18(2)17-31-27(32)22-14-15-24(25(16-22)28(33)34-3)23-7-5-4-6-20(23)11-8-19-9-12-21(13-10-19)26(29)30/h4-16,18H,17H2,1-3H3,(H3,29,30)(H,31,32)/b11-8+. The molecule has 0 aromatic heterocycles. The second-order valence-corrected chi connectivity index (χ2v) is 8.31. The molecule has 0 atom stereocenters. The van der Waals surface area contributed by atoms with E-state index in [2.05, 4.69) is 5.32 Å². The number of nitrogens with one attached hydrogen (secondary N) is 2. The zero-order valence-electron chi connectivity index (χ0n) is 19.6. The number of amides is 1. The van der Waals surface area contributed by atoms with Gasteiger partial charge in [0.15, 0.2) is 0 Å².